The van der Waals surface area contributed by atoms with Crippen molar-refractivity contribution in [2.24, 2.45) is 0 Å². The van der Waals surface area contributed by atoms with E-state index in [1.54, 1.807) is 0 Å². The third-order valence-corrected chi connectivity index (χ3v) is 3.42. The first-order chi connectivity index (χ1) is 9.38. The van der Waals surface area contributed by atoms with Crippen LogP contribution in [0.2, 0.25) is 0 Å². The van der Waals surface area contributed by atoms with Gasteiger partial charge in [-0.15, -0.1) is 0 Å². The second kappa shape index (κ2) is 8.15. The summed E-state index contributed by atoms with van der Waals surface area (Å²) < 4.78 is 5.75. The summed E-state index contributed by atoms with van der Waals surface area (Å²) in [6, 6.07) is 8.16. The molecule has 4 nitrogen and oxygen atoms in total. The predicted molar refractivity (Wildman–Crippen MR) is 76.4 cm³/mol. The lowest BCUT2D eigenvalue weighted by Crippen LogP contribution is -2.25. The van der Waals surface area contributed by atoms with Gasteiger partial charge in [0, 0.05) is 19.6 Å². The molecule has 1 heterocycles. The van der Waals surface area contributed by atoms with Gasteiger partial charge in [0.1, 0.15) is 12.4 Å². The monoisotopic (exact) mass is 264 g/mol. The van der Waals surface area contributed by atoms with Gasteiger partial charge in [-0.2, -0.15) is 0 Å². The second-order valence-corrected chi connectivity index (χ2v) is 4.94. The van der Waals surface area contributed by atoms with Crippen LogP contribution in [0.4, 0.5) is 0 Å². The molecule has 2 rings (SSSR count). The van der Waals surface area contributed by atoms with Crippen LogP contribution in [-0.4, -0.2) is 49.4 Å². The number of hydrogen-bond donors (Lipinski definition) is 2. The maximum atomic E-state index is 8.69. The van der Waals surface area contributed by atoms with Crippen LogP contribution < -0.4 is 10.1 Å². The summed E-state index contributed by atoms with van der Waals surface area (Å²) >= 11 is 0. The summed E-state index contributed by atoms with van der Waals surface area (Å²) in [5.74, 6) is 0.935. The smallest absolute Gasteiger partial charge is 0.119 e. The van der Waals surface area contributed by atoms with E-state index in [-0.39, 0.29) is 6.61 Å². The Bertz CT molecular complexity index is 348. The minimum absolute atomic E-state index is 0.178. The second-order valence-electron chi connectivity index (χ2n) is 4.94. The van der Waals surface area contributed by atoms with Gasteiger partial charge in [-0.1, -0.05) is 12.1 Å². The van der Waals surface area contributed by atoms with Crippen LogP contribution in [0.5, 0.6) is 5.75 Å². The first-order valence-electron chi connectivity index (χ1n) is 7.14. The molecule has 0 aliphatic carbocycles. The van der Waals surface area contributed by atoms with Gasteiger partial charge in [-0.05, 0) is 43.6 Å². The minimum atomic E-state index is 0.178. The average molecular weight is 264 g/mol. The molecule has 0 bridgehead atoms. The summed E-state index contributed by atoms with van der Waals surface area (Å²) in [6.45, 7) is 5.83. The normalized spacial score (nSPS) is 15.8. The molecule has 4 heteroatoms. The SMILES string of the molecule is OCCNCc1ccc(OCCN2CCCC2)cc1. The van der Waals surface area contributed by atoms with E-state index in [9.17, 15) is 0 Å². The van der Waals surface area contributed by atoms with Crippen LogP contribution in [0.1, 0.15) is 18.4 Å². The van der Waals surface area contributed by atoms with Crippen molar-refractivity contribution in [1.82, 2.24) is 10.2 Å². The number of nitrogens with one attached hydrogen (secondary N) is 1. The highest BCUT2D eigenvalue weighted by Crippen LogP contribution is 2.13. The molecule has 106 valence electrons. The van der Waals surface area contributed by atoms with Crippen molar-refractivity contribution in [3.05, 3.63) is 29.8 Å². The van der Waals surface area contributed by atoms with Gasteiger partial charge < -0.3 is 15.2 Å². The third kappa shape index (κ3) is 5.19. The summed E-state index contributed by atoms with van der Waals surface area (Å²) in [7, 11) is 0. The first kappa shape index (κ1) is 14.3. The van der Waals surface area contributed by atoms with E-state index in [1.165, 1.54) is 31.5 Å². The molecule has 1 aliphatic heterocycles. The molecule has 0 radical (unpaired) electrons. The summed E-state index contributed by atoms with van der Waals surface area (Å²) in [5.41, 5.74) is 1.21. The number of aliphatic hydroxyl groups excluding tert-OH is 1. The molecular formula is C15H24N2O2. The molecule has 2 N–H and O–H groups in total. The highest BCUT2D eigenvalue weighted by molar-refractivity contribution is 5.27. The zero-order valence-electron chi connectivity index (χ0n) is 11.5. The molecule has 0 spiro atoms. The Balaban J connectivity index is 1.66. The van der Waals surface area contributed by atoms with Gasteiger partial charge in [0.25, 0.3) is 0 Å². The molecule has 0 unspecified atom stereocenters. The molecule has 0 atom stereocenters. The molecule has 1 aromatic rings. The summed E-state index contributed by atoms with van der Waals surface area (Å²) in [6.07, 6.45) is 2.66. The van der Waals surface area contributed by atoms with Gasteiger partial charge in [-0.25, -0.2) is 0 Å². The molecule has 1 aliphatic rings. The molecule has 1 fully saturated rings. The standard InChI is InChI=1S/C15H24N2O2/c18-11-7-16-13-14-3-5-15(6-4-14)19-12-10-17-8-1-2-9-17/h3-6,16,18H,1-2,7-13H2. The lowest BCUT2D eigenvalue weighted by atomic mass is 10.2. The molecule has 0 saturated carbocycles. The van der Waals surface area contributed by atoms with Crippen LogP contribution >= 0.6 is 0 Å². The van der Waals surface area contributed by atoms with Crippen molar-refractivity contribution in [1.29, 1.82) is 0 Å². The zero-order valence-corrected chi connectivity index (χ0v) is 11.5. The largest absolute Gasteiger partial charge is 0.492 e. The quantitative estimate of drug-likeness (QED) is 0.694. The highest BCUT2D eigenvalue weighted by atomic mass is 16.5. The Hall–Kier alpha value is -1.10. The molecule has 1 saturated heterocycles. The Morgan fingerprint density at radius 3 is 2.58 bits per heavy atom. The fourth-order valence-electron chi connectivity index (χ4n) is 2.31. The fourth-order valence-corrected chi connectivity index (χ4v) is 2.31. The predicted octanol–water partition coefficient (Wildman–Crippen LogP) is 1.24. The van der Waals surface area contributed by atoms with Crippen molar-refractivity contribution >= 4 is 0 Å². The van der Waals surface area contributed by atoms with Gasteiger partial charge in [0.2, 0.25) is 0 Å². The summed E-state index contributed by atoms with van der Waals surface area (Å²) in [5, 5.41) is 11.8. The molecular weight excluding hydrogens is 240 g/mol. The van der Waals surface area contributed by atoms with E-state index in [4.69, 9.17) is 9.84 Å². The van der Waals surface area contributed by atoms with Crippen molar-refractivity contribution in [2.45, 2.75) is 19.4 Å². The average Bonchev–Trinajstić information content (AvgIpc) is 2.94. The van der Waals surface area contributed by atoms with Crippen molar-refractivity contribution in [3.8, 4) is 5.75 Å². The van der Waals surface area contributed by atoms with Crippen molar-refractivity contribution < 1.29 is 9.84 Å². The van der Waals surface area contributed by atoms with Crippen LogP contribution in [0.15, 0.2) is 24.3 Å². The molecule has 1 aromatic carbocycles. The minimum Gasteiger partial charge on any atom is -0.492 e. The van der Waals surface area contributed by atoms with Crippen LogP contribution in [-0.2, 0) is 6.54 Å². The highest BCUT2D eigenvalue weighted by Gasteiger charge is 2.10. The molecule has 0 aromatic heterocycles. The fraction of sp³-hybridized carbons (Fsp3) is 0.600. The molecule has 19 heavy (non-hydrogen) atoms. The number of aliphatic hydroxyl groups is 1. The Labute approximate surface area is 115 Å². The third-order valence-electron chi connectivity index (χ3n) is 3.42. The summed E-state index contributed by atoms with van der Waals surface area (Å²) in [4.78, 5) is 2.45. The number of likely N-dealkylation sites (tertiary alicyclic amines) is 1. The van der Waals surface area contributed by atoms with Crippen LogP contribution in [0, 0.1) is 0 Å². The van der Waals surface area contributed by atoms with E-state index in [2.05, 4.69) is 22.3 Å². The van der Waals surface area contributed by atoms with Gasteiger partial charge in [0.15, 0.2) is 0 Å². The zero-order chi connectivity index (χ0) is 13.3. The number of ether oxygens (including phenoxy) is 1. The van der Waals surface area contributed by atoms with Crippen molar-refractivity contribution in [2.75, 3.05) is 39.4 Å². The van der Waals surface area contributed by atoms with Gasteiger partial charge in [0.05, 0.1) is 6.61 Å². The molecule has 0 amide bonds. The lowest BCUT2D eigenvalue weighted by molar-refractivity contribution is 0.237. The maximum absolute atomic E-state index is 8.69. The maximum Gasteiger partial charge on any atom is 0.119 e. The topological polar surface area (TPSA) is 44.7 Å². The number of hydrogen-bond acceptors (Lipinski definition) is 4. The van der Waals surface area contributed by atoms with E-state index < -0.39 is 0 Å². The van der Waals surface area contributed by atoms with Crippen molar-refractivity contribution in [3.63, 3.8) is 0 Å². The van der Waals surface area contributed by atoms with E-state index in [0.29, 0.717) is 6.54 Å². The Kier molecular flexibility index (Phi) is 6.14. The van der Waals surface area contributed by atoms with E-state index in [0.717, 1.165) is 25.4 Å². The van der Waals surface area contributed by atoms with E-state index >= 15 is 0 Å². The number of rotatable bonds is 8. The van der Waals surface area contributed by atoms with Gasteiger partial charge in [-0.3, -0.25) is 4.90 Å². The van der Waals surface area contributed by atoms with Crippen LogP contribution in [0.25, 0.3) is 0 Å². The first-order valence-corrected chi connectivity index (χ1v) is 7.14. The number of benzene rings is 1. The Morgan fingerprint density at radius 1 is 1.16 bits per heavy atom. The van der Waals surface area contributed by atoms with E-state index in [1.807, 2.05) is 12.1 Å². The van der Waals surface area contributed by atoms with Crippen LogP contribution in [0.3, 0.4) is 0 Å². The number of nitrogens with zero attached hydrogens (tertiary/aromatic N) is 1. The Morgan fingerprint density at radius 2 is 1.89 bits per heavy atom. The lowest BCUT2D eigenvalue weighted by Gasteiger charge is -2.15. The van der Waals surface area contributed by atoms with Gasteiger partial charge >= 0.3 is 0 Å².